The number of methoxy groups -OCH3 is 1. The summed E-state index contributed by atoms with van der Waals surface area (Å²) in [5.74, 6) is 0.0980. The molecule has 19 heavy (non-hydrogen) atoms. The third-order valence-corrected chi connectivity index (χ3v) is 3.12. The van der Waals surface area contributed by atoms with E-state index < -0.39 is 36.3 Å². The summed E-state index contributed by atoms with van der Waals surface area (Å²) in [6, 6.07) is 1.44. The molecule has 1 aliphatic heterocycles. The van der Waals surface area contributed by atoms with Crippen molar-refractivity contribution < 1.29 is 19.7 Å². The smallest absolute Gasteiger partial charge is 0.351 e. The molecular formula is C11H17N3O5. The first kappa shape index (κ1) is 13.9. The summed E-state index contributed by atoms with van der Waals surface area (Å²) in [7, 11) is 1.39. The van der Waals surface area contributed by atoms with Gasteiger partial charge in [-0.25, -0.2) is 4.79 Å². The first-order chi connectivity index (χ1) is 8.95. The van der Waals surface area contributed by atoms with Crippen molar-refractivity contribution in [1.82, 2.24) is 9.55 Å². The molecule has 1 aromatic heterocycles. The summed E-state index contributed by atoms with van der Waals surface area (Å²) < 4.78 is 11.8. The Balaban J connectivity index is 2.35. The molecule has 0 saturated carbocycles. The van der Waals surface area contributed by atoms with Gasteiger partial charge >= 0.3 is 5.69 Å². The number of nitrogens with zero attached hydrogens (tertiary/aromatic N) is 2. The molecule has 2 heterocycles. The average Bonchev–Trinajstić information content (AvgIpc) is 2.66. The number of nitrogens with two attached hydrogens (primary N) is 1. The van der Waals surface area contributed by atoms with Crippen LogP contribution in [0.1, 0.15) is 13.2 Å². The highest BCUT2D eigenvalue weighted by Crippen LogP contribution is 2.31. The predicted octanol–water partition coefficient (Wildman–Crippen LogP) is -1.52. The SMILES string of the molecule is CO[C@@H]1[C@H](O)[C@@H]([C@@H](C)O)O[C@H]1n1ccc(N)nc1=O. The van der Waals surface area contributed by atoms with E-state index in [1.165, 1.54) is 30.9 Å². The fourth-order valence-corrected chi connectivity index (χ4v) is 2.17. The minimum atomic E-state index is -1.04. The van der Waals surface area contributed by atoms with Crippen molar-refractivity contribution >= 4 is 5.82 Å². The van der Waals surface area contributed by atoms with Crippen LogP contribution in [-0.4, -0.2) is 51.3 Å². The molecule has 0 amide bonds. The zero-order valence-corrected chi connectivity index (χ0v) is 10.6. The van der Waals surface area contributed by atoms with Crippen LogP contribution in [0, 0.1) is 0 Å². The quantitative estimate of drug-likeness (QED) is 0.610. The molecule has 0 bridgehead atoms. The summed E-state index contributed by atoms with van der Waals surface area (Å²) in [5, 5.41) is 19.6. The predicted molar refractivity (Wildman–Crippen MR) is 65.3 cm³/mol. The van der Waals surface area contributed by atoms with E-state index in [0.717, 1.165) is 0 Å². The lowest BCUT2D eigenvalue weighted by atomic mass is 10.1. The van der Waals surface area contributed by atoms with Gasteiger partial charge in [-0.15, -0.1) is 0 Å². The monoisotopic (exact) mass is 271 g/mol. The van der Waals surface area contributed by atoms with E-state index in [1.54, 1.807) is 0 Å². The Morgan fingerprint density at radius 2 is 2.32 bits per heavy atom. The van der Waals surface area contributed by atoms with E-state index in [9.17, 15) is 15.0 Å². The molecule has 0 radical (unpaired) electrons. The number of nitrogen functional groups attached to an aromatic ring is 1. The first-order valence-electron chi connectivity index (χ1n) is 5.84. The molecule has 1 aliphatic rings. The summed E-state index contributed by atoms with van der Waals surface area (Å²) in [6.45, 7) is 1.49. The van der Waals surface area contributed by atoms with Crippen molar-refractivity contribution in [2.24, 2.45) is 0 Å². The number of rotatable bonds is 3. The normalized spacial score (nSPS) is 32.4. The molecule has 0 aliphatic carbocycles. The van der Waals surface area contributed by atoms with Crippen LogP contribution in [0.4, 0.5) is 5.82 Å². The van der Waals surface area contributed by atoms with Crippen LogP contribution in [0.5, 0.6) is 0 Å². The van der Waals surface area contributed by atoms with E-state index in [2.05, 4.69) is 4.98 Å². The van der Waals surface area contributed by atoms with Crippen LogP contribution in [0.3, 0.4) is 0 Å². The number of aliphatic hydroxyl groups excluding tert-OH is 2. The van der Waals surface area contributed by atoms with Crippen LogP contribution in [-0.2, 0) is 9.47 Å². The average molecular weight is 271 g/mol. The number of anilines is 1. The highest BCUT2D eigenvalue weighted by molar-refractivity contribution is 5.23. The molecule has 1 fully saturated rings. The Bertz CT molecular complexity index is 503. The lowest BCUT2D eigenvalue weighted by molar-refractivity contribution is -0.0825. The zero-order valence-electron chi connectivity index (χ0n) is 10.6. The number of aromatic nitrogens is 2. The zero-order chi connectivity index (χ0) is 14.2. The number of hydrogen-bond donors (Lipinski definition) is 3. The Hall–Kier alpha value is -1.48. The maximum Gasteiger partial charge on any atom is 0.351 e. The van der Waals surface area contributed by atoms with Crippen LogP contribution in [0.2, 0.25) is 0 Å². The molecule has 8 nitrogen and oxygen atoms in total. The van der Waals surface area contributed by atoms with Gasteiger partial charge in [-0.05, 0) is 13.0 Å². The van der Waals surface area contributed by atoms with E-state index >= 15 is 0 Å². The Morgan fingerprint density at radius 1 is 1.63 bits per heavy atom. The highest BCUT2D eigenvalue weighted by atomic mass is 16.6. The fraction of sp³-hybridized carbons (Fsp3) is 0.636. The lowest BCUT2D eigenvalue weighted by Crippen LogP contribution is -2.39. The Morgan fingerprint density at radius 3 is 2.84 bits per heavy atom. The molecule has 8 heteroatoms. The van der Waals surface area contributed by atoms with Gasteiger partial charge in [0.15, 0.2) is 6.23 Å². The third-order valence-electron chi connectivity index (χ3n) is 3.12. The number of hydrogen-bond acceptors (Lipinski definition) is 7. The molecule has 4 N–H and O–H groups in total. The third kappa shape index (κ3) is 2.47. The van der Waals surface area contributed by atoms with Crippen molar-refractivity contribution in [2.75, 3.05) is 12.8 Å². The molecule has 0 unspecified atom stereocenters. The van der Waals surface area contributed by atoms with Crippen molar-refractivity contribution in [3.8, 4) is 0 Å². The molecule has 106 valence electrons. The number of aliphatic hydroxyl groups is 2. The van der Waals surface area contributed by atoms with Crippen molar-refractivity contribution in [3.63, 3.8) is 0 Å². The summed E-state index contributed by atoms with van der Waals surface area (Å²) in [6.07, 6.45) is -2.99. The van der Waals surface area contributed by atoms with Crippen LogP contribution in [0.25, 0.3) is 0 Å². The highest BCUT2D eigenvalue weighted by Gasteiger charge is 2.47. The van der Waals surface area contributed by atoms with Gasteiger partial charge in [0.25, 0.3) is 0 Å². The molecule has 5 atom stereocenters. The van der Waals surface area contributed by atoms with E-state index in [-0.39, 0.29) is 5.82 Å². The van der Waals surface area contributed by atoms with E-state index in [4.69, 9.17) is 15.2 Å². The van der Waals surface area contributed by atoms with Gasteiger partial charge in [0.05, 0.1) is 6.10 Å². The summed E-state index contributed by atoms with van der Waals surface area (Å²) >= 11 is 0. The second-order valence-electron chi connectivity index (χ2n) is 4.47. The number of ether oxygens (including phenoxy) is 2. The van der Waals surface area contributed by atoms with E-state index in [0.29, 0.717) is 0 Å². The second kappa shape index (κ2) is 5.25. The van der Waals surface area contributed by atoms with Gasteiger partial charge in [0, 0.05) is 13.3 Å². The van der Waals surface area contributed by atoms with Crippen LogP contribution in [0.15, 0.2) is 17.1 Å². The van der Waals surface area contributed by atoms with Gasteiger partial charge < -0.3 is 25.4 Å². The maximum absolute atomic E-state index is 11.8. The minimum absolute atomic E-state index is 0.0980. The van der Waals surface area contributed by atoms with Crippen molar-refractivity contribution in [3.05, 3.63) is 22.7 Å². The van der Waals surface area contributed by atoms with Gasteiger partial charge in [0.2, 0.25) is 0 Å². The van der Waals surface area contributed by atoms with Gasteiger partial charge in [-0.1, -0.05) is 0 Å². The first-order valence-corrected chi connectivity index (χ1v) is 5.84. The standard InChI is InChI=1S/C11H17N3O5/c1-5(15)8-7(16)9(18-2)10(19-8)14-4-3-6(12)13-11(14)17/h3-5,7-10,15-16H,1-2H3,(H2,12,13,17)/t5-,7-,8-,9-,10-/m1/s1. The summed E-state index contributed by atoms with van der Waals surface area (Å²) in [5.41, 5.74) is 4.80. The Kier molecular flexibility index (Phi) is 3.85. The fourth-order valence-electron chi connectivity index (χ4n) is 2.17. The van der Waals surface area contributed by atoms with Crippen molar-refractivity contribution in [1.29, 1.82) is 0 Å². The largest absolute Gasteiger partial charge is 0.391 e. The second-order valence-corrected chi connectivity index (χ2v) is 4.47. The molecular weight excluding hydrogens is 254 g/mol. The van der Waals surface area contributed by atoms with Gasteiger partial charge in [-0.3, -0.25) is 4.57 Å². The molecule has 0 spiro atoms. The van der Waals surface area contributed by atoms with Crippen LogP contribution < -0.4 is 11.4 Å². The molecule has 1 aromatic rings. The topological polar surface area (TPSA) is 120 Å². The van der Waals surface area contributed by atoms with Gasteiger partial charge in [-0.2, -0.15) is 4.98 Å². The Labute approximate surface area is 109 Å². The van der Waals surface area contributed by atoms with Gasteiger partial charge in [0.1, 0.15) is 24.1 Å². The van der Waals surface area contributed by atoms with E-state index in [1.807, 2.05) is 0 Å². The summed E-state index contributed by atoms with van der Waals surface area (Å²) in [4.78, 5) is 15.4. The van der Waals surface area contributed by atoms with Crippen molar-refractivity contribution in [2.45, 2.75) is 37.6 Å². The minimum Gasteiger partial charge on any atom is -0.391 e. The lowest BCUT2D eigenvalue weighted by Gasteiger charge is -2.20. The van der Waals surface area contributed by atoms with Crippen LogP contribution >= 0.6 is 0 Å². The molecule has 0 aromatic carbocycles. The molecule has 2 rings (SSSR count). The maximum atomic E-state index is 11.8. The molecule has 1 saturated heterocycles.